The Kier molecular flexibility index (Phi) is 3.67. The molecule has 3 N–H and O–H groups in total. The zero-order valence-electron chi connectivity index (χ0n) is 11.0. The summed E-state index contributed by atoms with van der Waals surface area (Å²) in [7, 11) is 0. The number of nitrogens with two attached hydrogens (primary N) is 1. The first-order valence-corrected chi connectivity index (χ1v) is 7.90. The molecule has 106 valence electrons. The number of hydrogen-bond donors (Lipinski definition) is 2. The Hall–Kier alpha value is -1.17. The van der Waals surface area contributed by atoms with Gasteiger partial charge < -0.3 is 11.1 Å². The monoisotopic (exact) mass is 309 g/mol. The first kappa shape index (κ1) is 13.8. The van der Waals surface area contributed by atoms with E-state index in [0.29, 0.717) is 16.7 Å². The lowest BCUT2D eigenvalue weighted by molar-refractivity contribution is -0.124. The van der Waals surface area contributed by atoms with Gasteiger partial charge in [-0.3, -0.25) is 4.79 Å². The fraction of sp³-hybridized carbons (Fsp3) is 0.429. The predicted molar refractivity (Wildman–Crippen MR) is 83.2 cm³/mol. The lowest BCUT2D eigenvalue weighted by Gasteiger charge is -2.24. The summed E-state index contributed by atoms with van der Waals surface area (Å²) in [6, 6.07) is 5.52. The molecule has 0 atom stereocenters. The molecule has 0 bridgehead atoms. The number of thiazole rings is 1. The molecule has 1 aliphatic rings. The number of nitrogens with zero attached hydrogens (tertiary/aromatic N) is 1. The van der Waals surface area contributed by atoms with Crippen LogP contribution >= 0.6 is 22.9 Å². The molecule has 1 aromatic heterocycles. The third kappa shape index (κ3) is 2.41. The standard InChI is InChI=1S/C14H16ClN3OS/c15-9-3-4-10-11(7-9)20-13(17-10)18-12(19)14(8-16)5-1-2-6-14/h3-4,7H,1-2,5-6,8,16H2,(H,17,18,19). The number of fused-ring (bicyclic) bond motifs is 1. The van der Waals surface area contributed by atoms with Gasteiger partial charge in [-0.1, -0.05) is 35.8 Å². The number of rotatable bonds is 3. The normalized spacial score (nSPS) is 17.5. The summed E-state index contributed by atoms with van der Waals surface area (Å²) in [5.41, 5.74) is 6.27. The molecular formula is C14H16ClN3OS. The molecule has 20 heavy (non-hydrogen) atoms. The molecule has 3 rings (SSSR count). The van der Waals surface area contributed by atoms with Gasteiger partial charge in [-0.05, 0) is 31.0 Å². The predicted octanol–water partition coefficient (Wildman–Crippen LogP) is 3.41. The summed E-state index contributed by atoms with van der Waals surface area (Å²) >= 11 is 7.40. The van der Waals surface area contributed by atoms with Gasteiger partial charge in [0, 0.05) is 11.6 Å². The van der Waals surface area contributed by atoms with Gasteiger partial charge in [-0.15, -0.1) is 0 Å². The first-order chi connectivity index (χ1) is 9.63. The van der Waals surface area contributed by atoms with E-state index in [1.807, 2.05) is 12.1 Å². The van der Waals surface area contributed by atoms with E-state index >= 15 is 0 Å². The van der Waals surface area contributed by atoms with E-state index in [2.05, 4.69) is 10.3 Å². The summed E-state index contributed by atoms with van der Waals surface area (Å²) in [4.78, 5) is 16.9. The van der Waals surface area contributed by atoms with Crippen LogP contribution in [0.15, 0.2) is 18.2 Å². The largest absolute Gasteiger partial charge is 0.329 e. The smallest absolute Gasteiger partial charge is 0.233 e. The molecule has 4 nitrogen and oxygen atoms in total. The number of aromatic nitrogens is 1. The van der Waals surface area contributed by atoms with Crippen molar-refractivity contribution < 1.29 is 4.79 Å². The van der Waals surface area contributed by atoms with Gasteiger partial charge in [0.05, 0.1) is 15.6 Å². The number of halogens is 1. The van der Waals surface area contributed by atoms with E-state index in [-0.39, 0.29) is 5.91 Å². The molecule has 1 aliphatic carbocycles. The van der Waals surface area contributed by atoms with Crippen LogP contribution in [-0.2, 0) is 4.79 Å². The molecule has 0 saturated heterocycles. The highest BCUT2D eigenvalue weighted by Gasteiger charge is 2.40. The van der Waals surface area contributed by atoms with Gasteiger partial charge in [0.15, 0.2) is 5.13 Å². The van der Waals surface area contributed by atoms with E-state index < -0.39 is 5.41 Å². The zero-order chi connectivity index (χ0) is 14.2. The molecular weight excluding hydrogens is 294 g/mol. The summed E-state index contributed by atoms with van der Waals surface area (Å²) in [5, 5.41) is 4.22. The third-order valence-electron chi connectivity index (χ3n) is 4.00. The van der Waals surface area contributed by atoms with Crippen LogP contribution in [0.4, 0.5) is 5.13 Å². The molecule has 0 radical (unpaired) electrons. The second-order valence-electron chi connectivity index (χ2n) is 5.28. The molecule has 1 fully saturated rings. The number of hydrogen-bond acceptors (Lipinski definition) is 4. The fourth-order valence-electron chi connectivity index (χ4n) is 2.76. The van der Waals surface area contributed by atoms with Gasteiger partial charge >= 0.3 is 0 Å². The van der Waals surface area contributed by atoms with Crippen LogP contribution in [0.3, 0.4) is 0 Å². The van der Waals surface area contributed by atoms with Crippen molar-refractivity contribution in [3.63, 3.8) is 0 Å². The molecule has 0 spiro atoms. The molecule has 1 heterocycles. The Morgan fingerprint density at radius 1 is 1.45 bits per heavy atom. The SMILES string of the molecule is NCC1(C(=O)Nc2nc3ccc(Cl)cc3s2)CCCC1. The number of anilines is 1. The number of benzene rings is 1. The maximum absolute atomic E-state index is 12.5. The molecule has 1 saturated carbocycles. The number of amides is 1. The molecule has 6 heteroatoms. The average Bonchev–Trinajstić information content (AvgIpc) is 3.04. The van der Waals surface area contributed by atoms with Gasteiger partial charge in [-0.2, -0.15) is 0 Å². The highest BCUT2D eigenvalue weighted by molar-refractivity contribution is 7.22. The minimum absolute atomic E-state index is 0.00246. The molecule has 0 unspecified atom stereocenters. The number of carbonyl (C=O) groups excluding carboxylic acids is 1. The van der Waals surface area contributed by atoms with E-state index in [1.165, 1.54) is 11.3 Å². The topological polar surface area (TPSA) is 68.0 Å². The van der Waals surface area contributed by atoms with Gasteiger partial charge in [0.1, 0.15) is 0 Å². The van der Waals surface area contributed by atoms with Crippen LogP contribution < -0.4 is 11.1 Å². The van der Waals surface area contributed by atoms with Crippen molar-refractivity contribution in [3.05, 3.63) is 23.2 Å². The van der Waals surface area contributed by atoms with Crippen LogP contribution in [0, 0.1) is 5.41 Å². The van der Waals surface area contributed by atoms with Crippen LogP contribution in [0.1, 0.15) is 25.7 Å². The Labute approximate surface area is 126 Å². The van der Waals surface area contributed by atoms with Crippen molar-refractivity contribution in [2.75, 3.05) is 11.9 Å². The minimum Gasteiger partial charge on any atom is -0.329 e. The van der Waals surface area contributed by atoms with E-state index in [0.717, 1.165) is 35.9 Å². The van der Waals surface area contributed by atoms with E-state index in [4.69, 9.17) is 17.3 Å². The highest BCUT2D eigenvalue weighted by atomic mass is 35.5. The third-order valence-corrected chi connectivity index (χ3v) is 5.17. The maximum Gasteiger partial charge on any atom is 0.233 e. The van der Waals surface area contributed by atoms with Gasteiger partial charge in [-0.25, -0.2) is 4.98 Å². The van der Waals surface area contributed by atoms with Crippen molar-refractivity contribution in [1.82, 2.24) is 4.98 Å². The van der Waals surface area contributed by atoms with Crippen LogP contribution in [0.5, 0.6) is 0 Å². The van der Waals surface area contributed by atoms with Gasteiger partial charge in [0.2, 0.25) is 5.91 Å². The maximum atomic E-state index is 12.5. The average molecular weight is 310 g/mol. The first-order valence-electron chi connectivity index (χ1n) is 6.71. The van der Waals surface area contributed by atoms with Crippen molar-refractivity contribution in [2.45, 2.75) is 25.7 Å². The molecule has 2 aromatic rings. The van der Waals surface area contributed by atoms with Gasteiger partial charge in [0.25, 0.3) is 0 Å². The lowest BCUT2D eigenvalue weighted by atomic mass is 9.85. The second kappa shape index (κ2) is 5.31. The Balaban J connectivity index is 1.83. The summed E-state index contributed by atoms with van der Waals surface area (Å²) in [6.45, 7) is 0.398. The van der Waals surface area contributed by atoms with Crippen molar-refractivity contribution >= 4 is 44.2 Å². The van der Waals surface area contributed by atoms with Crippen molar-refractivity contribution in [3.8, 4) is 0 Å². The lowest BCUT2D eigenvalue weighted by Crippen LogP contribution is -2.40. The van der Waals surface area contributed by atoms with Crippen LogP contribution in [0.25, 0.3) is 10.2 Å². The quantitative estimate of drug-likeness (QED) is 0.913. The molecule has 1 aromatic carbocycles. The molecule has 1 amide bonds. The van der Waals surface area contributed by atoms with Crippen LogP contribution in [-0.4, -0.2) is 17.4 Å². The molecule has 0 aliphatic heterocycles. The minimum atomic E-state index is -0.407. The second-order valence-corrected chi connectivity index (χ2v) is 6.74. The van der Waals surface area contributed by atoms with E-state index in [1.54, 1.807) is 6.07 Å². The number of carbonyl (C=O) groups is 1. The fourth-order valence-corrected chi connectivity index (χ4v) is 3.89. The van der Waals surface area contributed by atoms with Crippen LogP contribution in [0.2, 0.25) is 5.02 Å². The summed E-state index contributed by atoms with van der Waals surface area (Å²) in [6.07, 6.45) is 3.87. The van der Waals surface area contributed by atoms with Crippen molar-refractivity contribution in [2.24, 2.45) is 11.1 Å². The Bertz CT molecular complexity index is 649. The zero-order valence-corrected chi connectivity index (χ0v) is 12.6. The summed E-state index contributed by atoms with van der Waals surface area (Å²) in [5.74, 6) is 0.00246. The Morgan fingerprint density at radius 2 is 2.20 bits per heavy atom. The van der Waals surface area contributed by atoms with E-state index in [9.17, 15) is 4.79 Å². The van der Waals surface area contributed by atoms with Crippen molar-refractivity contribution in [1.29, 1.82) is 0 Å². The number of nitrogens with one attached hydrogen (secondary N) is 1. The Morgan fingerprint density at radius 3 is 2.90 bits per heavy atom. The summed E-state index contributed by atoms with van der Waals surface area (Å²) < 4.78 is 0.973. The highest BCUT2D eigenvalue weighted by Crippen LogP contribution is 2.38.